The number of nitrogens with zero attached hydrogens (tertiary/aromatic N) is 7. The Morgan fingerprint density at radius 1 is 0.244 bits per heavy atom. The Hall–Kier alpha value is -10.6. The molecular formula is C71H45N7. The molecule has 7 nitrogen and oxygen atoms in total. The molecule has 0 atom stereocenters. The molecule has 5 aromatic heterocycles. The van der Waals surface area contributed by atoms with E-state index in [0.29, 0.717) is 11.6 Å². The summed E-state index contributed by atoms with van der Waals surface area (Å²) >= 11 is 0. The first-order valence-electron chi connectivity index (χ1n) is 26.2. The van der Waals surface area contributed by atoms with Gasteiger partial charge in [0.2, 0.25) is 0 Å². The fourth-order valence-corrected chi connectivity index (χ4v) is 11.4. The van der Waals surface area contributed by atoms with Gasteiger partial charge in [-0.05, 0) is 93.7 Å². The Morgan fingerprint density at radius 3 is 1.32 bits per heavy atom. The number of fused-ring (bicyclic) bond motifs is 7. The smallest absolute Gasteiger partial charge is 0.162 e. The van der Waals surface area contributed by atoms with Gasteiger partial charge in [0.15, 0.2) is 11.6 Å². The average Bonchev–Trinajstić information content (AvgIpc) is 4.26. The van der Waals surface area contributed by atoms with Crippen molar-refractivity contribution in [1.82, 2.24) is 34.1 Å². The van der Waals surface area contributed by atoms with Gasteiger partial charge in [-0.1, -0.05) is 200 Å². The van der Waals surface area contributed by atoms with Crippen LogP contribution in [-0.2, 0) is 0 Å². The van der Waals surface area contributed by atoms with Gasteiger partial charge in [-0.15, -0.1) is 0 Å². The molecule has 0 bridgehead atoms. The van der Waals surface area contributed by atoms with Gasteiger partial charge >= 0.3 is 0 Å². The summed E-state index contributed by atoms with van der Waals surface area (Å²) in [7, 11) is 0. The molecule has 0 radical (unpaired) electrons. The van der Waals surface area contributed by atoms with E-state index in [4.69, 9.17) is 19.9 Å². The molecule has 0 aliphatic carbocycles. The van der Waals surface area contributed by atoms with Gasteiger partial charge < -0.3 is 4.57 Å². The van der Waals surface area contributed by atoms with Gasteiger partial charge in [-0.3, -0.25) is 9.55 Å². The molecule has 0 unspecified atom stereocenters. The summed E-state index contributed by atoms with van der Waals surface area (Å²) in [5, 5.41) is 7.17. The normalized spacial score (nSPS) is 11.6. The van der Waals surface area contributed by atoms with Crippen LogP contribution in [0.1, 0.15) is 0 Å². The van der Waals surface area contributed by atoms with Gasteiger partial charge in [0.25, 0.3) is 0 Å². The first-order valence-corrected chi connectivity index (χ1v) is 26.2. The van der Waals surface area contributed by atoms with Crippen molar-refractivity contribution in [3.63, 3.8) is 0 Å². The summed E-state index contributed by atoms with van der Waals surface area (Å²) in [5.41, 5.74) is 17.4. The van der Waals surface area contributed by atoms with E-state index in [2.05, 4.69) is 208 Å². The number of para-hydroxylation sites is 3. The highest BCUT2D eigenvalue weighted by Crippen LogP contribution is 2.41. The van der Waals surface area contributed by atoms with Crippen molar-refractivity contribution in [2.45, 2.75) is 0 Å². The van der Waals surface area contributed by atoms with Crippen LogP contribution in [0.25, 0.3) is 145 Å². The topological polar surface area (TPSA) is 74.3 Å². The molecule has 0 aliphatic heterocycles. The molecule has 5 heterocycles. The maximum absolute atomic E-state index is 5.23. The fourth-order valence-electron chi connectivity index (χ4n) is 11.4. The van der Waals surface area contributed by atoms with E-state index >= 15 is 0 Å². The lowest BCUT2D eigenvalue weighted by atomic mass is 9.92. The SMILES string of the molecule is c1ccc(-c2nc(-c3ccc(-n4c5ccccc5c5cc(-c6cccc7c(-c8ccc(-c9cc(-n%10c%11ccccc%11c%11ccccc%11%10)nc(-c%10ccccc%10)n9)cc8)cccc67)ccc54)cc3)cc(-c3ccccn3)n2)cc1. The summed E-state index contributed by atoms with van der Waals surface area (Å²) < 4.78 is 4.63. The summed E-state index contributed by atoms with van der Waals surface area (Å²) in [5.74, 6) is 2.17. The van der Waals surface area contributed by atoms with Crippen LogP contribution in [0.4, 0.5) is 0 Å². The number of benzene rings is 10. The van der Waals surface area contributed by atoms with Crippen LogP contribution < -0.4 is 0 Å². The quantitative estimate of drug-likeness (QED) is 0.144. The fraction of sp³-hybridized carbons (Fsp3) is 0. The lowest BCUT2D eigenvalue weighted by Crippen LogP contribution is -2.02. The van der Waals surface area contributed by atoms with E-state index in [1.54, 1.807) is 6.20 Å². The van der Waals surface area contributed by atoms with E-state index in [0.717, 1.165) is 89.7 Å². The maximum atomic E-state index is 5.23. The molecule has 78 heavy (non-hydrogen) atoms. The van der Waals surface area contributed by atoms with Crippen molar-refractivity contribution in [2.75, 3.05) is 0 Å². The van der Waals surface area contributed by atoms with Crippen LogP contribution in [0.5, 0.6) is 0 Å². The summed E-state index contributed by atoms with van der Waals surface area (Å²) in [6, 6.07) is 94.0. The number of hydrogen-bond donors (Lipinski definition) is 0. The second kappa shape index (κ2) is 18.6. The number of aromatic nitrogens is 7. The molecule has 0 saturated carbocycles. The maximum Gasteiger partial charge on any atom is 0.162 e. The molecule has 0 saturated heterocycles. The average molecular weight is 996 g/mol. The van der Waals surface area contributed by atoms with Crippen LogP contribution in [0, 0.1) is 0 Å². The highest BCUT2D eigenvalue weighted by Gasteiger charge is 2.19. The third kappa shape index (κ3) is 7.72. The van der Waals surface area contributed by atoms with E-state index in [-0.39, 0.29) is 0 Å². The predicted octanol–water partition coefficient (Wildman–Crippen LogP) is 17.7. The Morgan fingerprint density at radius 2 is 0.705 bits per heavy atom. The van der Waals surface area contributed by atoms with Crippen molar-refractivity contribution in [1.29, 1.82) is 0 Å². The lowest BCUT2D eigenvalue weighted by molar-refractivity contribution is 1.05. The highest BCUT2D eigenvalue weighted by molar-refractivity contribution is 6.12. The second-order valence-electron chi connectivity index (χ2n) is 19.6. The van der Waals surface area contributed by atoms with Crippen molar-refractivity contribution >= 4 is 54.4 Å². The summed E-state index contributed by atoms with van der Waals surface area (Å²) in [6.07, 6.45) is 1.80. The second-order valence-corrected chi connectivity index (χ2v) is 19.6. The van der Waals surface area contributed by atoms with Crippen LogP contribution in [-0.4, -0.2) is 34.1 Å². The van der Waals surface area contributed by atoms with Gasteiger partial charge in [0, 0.05) is 61.7 Å². The van der Waals surface area contributed by atoms with Crippen LogP contribution in [0.15, 0.2) is 273 Å². The molecule has 15 rings (SSSR count). The van der Waals surface area contributed by atoms with E-state index in [9.17, 15) is 0 Å². The third-order valence-corrected chi connectivity index (χ3v) is 15.1. The number of pyridine rings is 1. The third-order valence-electron chi connectivity index (χ3n) is 15.1. The van der Waals surface area contributed by atoms with Gasteiger partial charge in [0.05, 0.1) is 44.8 Å². The molecular weight excluding hydrogens is 951 g/mol. The standard InChI is InChI=1S/C71H45N7/c1-3-17-49(18-4-1)70-73-62(44-64(75-70)61-28-13-14-42-72-61)48-36-39-52(40-37-48)77-65-29-10-9-23-59(65)60-43-51(38-41-68(60)77)54-25-16-26-55-53(24-15-27-56(54)55)46-32-34-47(35-33-46)63-45-69(76-71(74-63)50-19-5-2-6-20-50)78-66-30-11-7-21-57(66)58-22-8-12-31-67(58)78/h1-45H. The molecule has 7 heteroatoms. The first kappa shape index (κ1) is 44.8. The van der Waals surface area contributed by atoms with E-state index < -0.39 is 0 Å². The van der Waals surface area contributed by atoms with Crippen LogP contribution in [0.3, 0.4) is 0 Å². The van der Waals surface area contributed by atoms with Crippen LogP contribution >= 0.6 is 0 Å². The summed E-state index contributed by atoms with van der Waals surface area (Å²) in [4.78, 5) is 25.1. The molecule has 0 amide bonds. The zero-order valence-electron chi connectivity index (χ0n) is 42.1. The molecule has 0 spiro atoms. The van der Waals surface area contributed by atoms with Gasteiger partial charge in [-0.2, -0.15) is 0 Å². The van der Waals surface area contributed by atoms with Crippen molar-refractivity contribution in [3.8, 4) is 90.4 Å². The minimum absolute atomic E-state index is 0.663. The number of hydrogen-bond acceptors (Lipinski definition) is 5. The lowest BCUT2D eigenvalue weighted by Gasteiger charge is -2.14. The number of rotatable bonds is 9. The molecule has 10 aromatic carbocycles. The van der Waals surface area contributed by atoms with Gasteiger partial charge in [-0.25, -0.2) is 19.9 Å². The van der Waals surface area contributed by atoms with E-state index in [1.807, 2.05) is 72.8 Å². The molecule has 0 N–H and O–H groups in total. The molecule has 0 fully saturated rings. The predicted molar refractivity (Wildman–Crippen MR) is 320 cm³/mol. The Labute approximate surface area is 449 Å². The minimum atomic E-state index is 0.663. The first-order chi connectivity index (χ1) is 38.7. The minimum Gasteiger partial charge on any atom is -0.309 e. The van der Waals surface area contributed by atoms with Crippen LogP contribution in [0.2, 0.25) is 0 Å². The largest absolute Gasteiger partial charge is 0.309 e. The summed E-state index contributed by atoms with van der Waals surface area (Å²) in [6.45, 7) is 0. The zero-order chi connectivity index (χ0) is 51.5. The van der Waals surface area contributed by atoms with Gasteiger partial charge in [0.1, 0.15) is 5.82 Å². The zero-order valence-corrected chi connectivity index (χ0v) is 42.1. The van der Waals surface area contributed by atoms with E-state index in [1.165, 1.54) is 43.4 Å². The monoisotopic (exact) mass is 995 g/mol. The van der Waals surface area contributed by atoms with Crippen molar-refractivity contribution in [2.24, 2.45) is 0 Å². The Bertz CT molecular complexity index is 4650. The molecule has 15 aromatic rings. The Balaban J connectivity index is 0.779. The molecule has 0 aliphatic rings. The van der Waals surface area contributed by atoms with Crippen molar-refractivity contribution in [3.05, 3.63) is 273 Å². The molecule has 364 valence electrons. The Kier molecular flexibility index (Phi) is 10.7. The van der Waals surface area contributed by atoms with Crippen molar-refractivity contribution < 1.29 is 0 Å². The highest BCUT2D eigenvalue weighted by atomic mass is 15.1.